The molecule has 1 amide bonds. The third-order valence-electron chi connectivity index (χ3n) is 4.57. The number of benzene rings is 1. The Kier molecular flexibility index (Phi) is 6.55. The van der Waals surface area contributed by atoms with Crippen LogP contribution in [0.2, 0.25) is 0 Å². The maximum atomic E-state index is 12.8. The number of carbonyl (C=O) groups is 3. The van der Waals surface area contributed by atoms with Crippen molar-refractivity contribution in [2.75, 3.05) is 25.4 Å². The van der Waals surface area contributed by atoms with Gasteiger partial charge in [-0.15, -0.1) is 0 Å². The molecule has 9 nitrogen and oxygen atoms in total. The van der Waals surface area contributed by atoms with Crippen LogP contribution in [0.5, 0.6) is 0 Å². The molecule has 0 atom stereocenters. The highest BCUT2D eigenvalue weighted by atomic mass is 32.2. The van der Waals surface area contributed by atoms with Crippen molar-refractivity contribution in [3.63, 3.8) is 0 Å². The number of hydrogen-bond acceptors (Lipinski definition) is 5. The first kappa shape index (κ1) is 20.8. The highest BCUT2D eigenvalue weighted by Crippen LogP contribution is 2.21. The van der Waals surface area contributed by atoms with Crippen molar-refractivity contribution < 1.29 is 33.0 Å². The van der Waals surface area contributed by atoms with Crippen LogP contribution in [0, 0.1) is 0 Å². The summed E-state index contributed by atoms with van der Waals surface area (Å²) in [6.07, 6.45) is 0.677. The minimum atomic E-state index is -3.32. The molecule has 148 valence electrons. The largest absolute Gasteiger partial charge is 0.480 e. The molecule has 0 unspecified atom stereocenters. The van der Waals surface area contributed by atoms with Gasteiger partial charge in [0.15, 0.2) is 0 Å². The van der Waals surface area contributed by atoms with Crippen molar-refractivity contribution in [1.82, 2.24) is 9.21 Å². The Hall–Kier alpha value is -2.46. The van der Waals surface area contributed by atoms with Gasteiger partial charge in [0.05, 0.1) is 11.3 Å². The maximum absolute atomic E-state index is 12.8. The monoisotopic (exact) mass is 398 g/mol. The predicted octanol–water partition coefficient (Wildman–Crippen LogP) is 0.726. The number of aliphatic carboxylic acids is 1. The van der Waals surface area contributed by atoms with Crippen molar-refractivity contribution >= 4 is 27.9 Å². The number of aromatic carboxylic acids is 1. The summed E-state index contributed by atoms with van der Waals surface area (Å²) in [4.78, 5) is 36.1. The first-order chi connectivity index (χ1) is 12.7. The van der Waals surface area contributed by atoms with E-state index in [4.69, 9.17) is 10.2 Å². The lowest BCUT2D eigenvalue weighted by molar-refractivity contribution is -0.138. The number of rotatable bonds is 7. The molecule has 0 bridgehead atoms. The fourth-order valence-corrected chi connectivity index (χ4v) is 4.18. The molecule has 1 aliphatic rings. The van der Waals surface area contributed by atoms with Gasteiger partial charge in [-0.05, 0) is 44.0 Å². The molecule has 27 heavy (non-hydrogen) atoms. The third kappa shape index (κ3) is 5.04. The van der Waals surface area contributed by atoms with E-state index >= 15 is 0 Å². The molecule has 1 heterocycles. The summed E-state index contributed by atoms with van der Waals surface area (Å²) >= 11 is 0. The summed E-state index contributed by atoms with van der Waals surface area (Å²) in [7, 11) is -3.32. The molecule has 0 saturated carbocycles. The van der Waals surface area contributed by atoms with Gasteiger partial charge in [-0.25, -0.2) is 17.5 Å². The van der Waals surface area contributed by atoms with Gasteiger partial charge >= 0.3 is 11.9 Å². The first-order valence-electron chi connectivity index (χ1n) is 8.49. The molecule has 1 saturated heterocycles. The van der Waals surface area contributed by atoms with Crippen molar-refractivity contribution in [3.8, 4) is 0 Å². The van der Waals surface area contributed by atoms with Crippen LogP contribution in [0.1, 0.15) is 40.5 Å². The summed E-state index contributed by atoms with van der Waals surface area (Å²) in [6, 6.07) is 4.85. The van der Waals surface area contributed by atoms with E-state index in [1.165, 1.54) is 33.5 Å². The molecule has 0 spiro atoms. The van der Waals surface area contributed by atoms with Gasteiger partial charge in [0.25, 0.3) is 5.91 Å². The van der Waals surface area contributed by atoms with Crippen LogP contribution < -0.4 is 0 Å². The van der Waals surface area contributed by atoms with E-state index in [0.717, 1.165) is 0 Å². The smallest absolute Gasteiger partial charge is 0.335 e. The number of carboxylic acids is 2. The van der Waals surface area contributed by atoms with Gasteiger partial charge in [0.2, 0.25) is 10.0 Å². The lowest BCUT2D eigenvalue weighted by Crippen LogP contribution is -2.50. The van der Waals surface area contributed by atoms with Crippen LogP contribution in [-0.2, 0) is 14.8 Å². The van der Waals surface area contributed by atoms with Crippen molar-refractivity contribution in [3.05, 3.63) is 35.4 Å². The molecule has 2 rings (SSSR count). The number of hydrogen-bond donors (Lipinski definition) is 2. The second-order valence-electron chi connectivity index (χ2n) is 6.24. The Morgan fingerprint density at radius 3 is 2.04 bits per heavy atom. The molecule has 1 aliphatic heterocycles. The van der Waals surface area contributed by atoms with Crippen molar-refractivity contribution in [2.24, 2.45) is 0 Å². The number of amides is 1. The second kappa shape index (κ2) is 8.49. The number of nitrogens with zero attached hydrogens (tertiary/aromatic N) is 2. The Morgan fingerprint density at radius 1 is 1.07 bits per heavy atom. The molecular formula is C17H22N2O7S. The Labute approximate surface area is 157 Å². The number of carbonyl (C=O) groups excluding carboxylic acids is 1. The summed E-state index contributed by atoms with van der Waals surface area (Å²) < 4.78 is 25.3. The maximum Gasteiger partial charge on any atom is 0.335 e. The zero-order valence-electron chi connectivity index (χ0n) is 14.9. The summed E-state index contributed by atoms with van der Waals surface area (Å²) in [6.45, 7) is 1.50. The fraction of sp³-hybridized carbons (Fsp3) is 0.471. The minimum Gasteiger partial charge on any atom is -0.480 e. The average molecular weight is 398 g/mol. The zero-order chi connectivity index (χ0) is 20.2. The molecule has 1 aromatic rings. The Balaban J connectivity index is 2.17. The topological polar surface area (TPSA) is 132 Å². The van der Waals surface area contributed by atoms with E-state index in [0.29, 0.717) is 12.8 Å². The highest BCUT2D eigenvalue weighted by molar-refractivity contribution is 7.89. The minimum absolute atomic E-state index is 0.00857. The summed E-state index contributed by atoms with van der Waals surface area (Å²) in [5.74, 6) is -2.83. The van der Waals surface area contributed by atoms with Gasteiger partial charge in [-0.2, -0.15) is 0 Å². The van der Waals surface area contributed by atoms with Crippen LogP contribution >= 0.6 is 0 Å². The standard InChI is InChI=1S/C17H22N2O7S/c1-2-27(25,26)18-9-7-14(8-10-18)19(11-15(20)21)16(22)12-3-5-13(6-4-12)17(23)24/h3-6,14H,2,7-11H2,1H3,(H,20,21)(H,23,24). The predicted molar refractivity (Wildman–Crippen MR) is 96.1 cm³/mol. The summed E-state index contributed by atoms with van der Waals surface area (Å²) in [5.41, 5.74) is 0.208. The lowest BCUT2D eigenvalue weighted by Gasteiger charge is -2.37. The number of carboxylic acid groups (broad SMARTS) is 2. The Morgan fingerprint density at radius 2 is 1.59 bits per heavy atom. The van der Waals surface area contributed by atoms with E-state index in [-0.39, 0.29) is 30.0 Å². The second-order valence-corrected chi connectivity index (χ2v) is 8.50. The molecule has 0 aliphatic carbocycles. The van der Waals surface area contributed by atoms with Gasteiger partial charge < -0.3 is 15.1 Å². The zero-order valence-corrected chi connectivity index (χ0v) is 15.7. The number of piperidine rings is 1. The van der Waals surface area contributed by atoms with Gasteiger partial charge in [-0.3, -0.25) is 9.59 Å². The van der Waals surface area contributed by atoms with Gasteiger partial charge in [0.1, 0.15) is 6.54 Å². The van der Waals surface area contributed by atoms with Crippen LogP contribution in [0.3, 0.4) is 0 Å². The van der Waals surface area contributed by atoms with Gasteiger partial charge in [0, 0.05) is 24.7 Å². The molecule has 1 aromatic carbocycles. The summed E-state index contributed by atoms with van der Waals surface area (Å²) in [5, 5.41) is 18.1. The fourth-order valence-electron chi connectivity index (χ4n) is 3.05. The molecule has 0 radical (unpaired) electrons. The van der Waals surface area contributed by atoms with Gasteiger partial charge in [-0.1, -0.05) is 0 Å². The SMILES string of the molecule is CCS(=O)(=O)N1CCC(N(CC(=O)O)C(=O)c2ccc(C(=O)O)cc2)CC1. The number of sulfonamides is 1. The first-order valence-corrected chi connectivity index (χ1v) is 10.1. The van der Waals surface area contributed by atoms with E-state index in [2.05, 4.69) is 0 Å². The van der Waals surface area contributed by atoms with Crippen molar-refractivity contribution in [1.29, 1.82) is 0 Å². The van der Waals surface area contributed by atoms with Crippen LogP contribution in [-0.4, -0.2) is 77.1 Å². The quantitative estimate of drug-likeness (QED) is 0.692. The average Bonchev–Trinajstić information content (AvgIpc) is 2.65. The molecule has 10 heteroatoms. The van der Waals surface area contributed by atoms with Crippen LogP contribution in [0.15, 0.2) is 24.3 Å². The van der Waals surface area contributed by atoms with E-state index < -0.39 is 40.5 Å². The molecule has 2 N–H and O–H groups in total. The lowest BCUT2D eigenvalue weighted by atomic mass is 10.0. The highest BCUT2D eigenvalue weighted by Gasteiger charge is 2.33. The van der Waals surface area contributed by atoms with Crippen LogP contribution in [0.4, 0.5) is 0 Å². The molecule has 0 aromatic heterocycles. The normalized spacial score (nSPS) is 16.0. The van der Waals surface area contributed by atoms with E-state index in [9.17, 15) is 22.8 Å². The van der Waals surface area contributed by atoms with Crippen LogP contribution in [0.25, 0.3) is 0 Å². The molecular weight excluding hydrogens is 376 g/mol. The van der Waals surface area contributed by atoms with E-state index in [1.54, 1.807) is 6.92 Å². The molecule has 1 fully saturated rings. The van der Waals surface area contributed by atoms with Crippen molar-refractivity contribution in [2.45, 2.75) is 25.8 Å². The van der Waals surface area contributed by atoms with E-state index in [1.807, 2.05) is 0 Å². The Bertz CT molecular complexity index is 812. The third-order valence-corrected chi connectivity index (χ3v) is 6.45.